The first-order chi connectivity index (χ1) is 14.7. The first kappa shape index (κ1) is 19.7. The molecule has 5 nitrogen and oxygen atoms in total. The van der Waals surface area contributed by atoms with Crippen molar-refractivity contribution < 1.29 is 9.59 Å². The first-order valence-electron chi connectivity index (χ1n) is 10.5. The van der Waals surface area contributed by atoms with Gasteiger partial charge < -0.3 is 9.97 Å². The maximum Gasteiger partial charge on any atom is 0.262 e. The molecule has 0 spiro atoms. The number of hydrogen-bond donors (Lipinski definition) is 2. The summed E-state index contributed by atoms with van der Waals surface area (Å²) in [6.45, 7) is 8.00. The lowest BCUT2D eigenvalue weighted by atomic mass is 9.97. The maximum atomic E-state index is 12.9. The third kappa shape index (κ3) is 2.41. The van der Waals surface area contributed by atoms with Crippen molar-refractivity contribution in [3.8, 4) is 0 Å². The van der Waals surface area contributed by atoms with Gasteiger partial charge in [0, 0.05) is 39.6 Å². The van der Waals surface area contributed by atoms with Gasteiger partial charge >= 0.3 is 0 Å². The molecule has 3 heterocycles. The summed E-state index contributed by atoms with van der Waals surface area (Å²) >= 11 is 0. The fourth-order valence-corrected chi connectivity index (χ4v) is 4.28. The number of hydrogen-bond acceptors (Lipinski definition) is 2. The monoisotopic (exact) mass is 399 g/mol. The zero-order valence-electron chi connectivity index (χ0n) is 17.9. The van der Waals surface area contributed by atoms with E-state index in [0.717, 1.165) is 43.6 Å². The van der Waals surface area contributed by atoms with Crippen molar-refractivity contribution in [3.05, 3.63) is 59.7 Å². The molecule has 0 saturated heterocycles. The highest BCUT2D eigenvalue weighted by Crippen LogP contribution is 2.43. The number of fused-ring (bicyclic) bond motifs is 10. The number of benzene rings is 3. The number of H-pyrrole nitrogens is 2. The average molecular weight is 399 g/mol. The SMILES string of the molecule is CC.CC.CN1C(=O)c2c(c3c4ccccc4[nH]c3c3[nH]c4ccccc4c23)C1=O. The molecular formula is C25H25N3O2. The number of aromatic amines is 2. The van der Waals surface area contributed by atoms with Gasteiger partial charge in [0.05, 0.1) is 22.2 Å². The molecule has 6 rings (SSSR count). The van der Waals surface area contributed by atoms with Crippen LogP contribution in [-0.4, -0.2) is 33.7 Å². The van der Waals surface area contributed by atoms with E-state index in [9.17, 15) is 9.59 Å². The van der Waals surface area contributed by atoms with Crippen molar-refractivity contribution in [2.45, 2.75) is 27.7 Å². The van der Waals surface area contributed by atoms with Crippen LogP contribution in [0.2, 0.25) is 0 Å². The number of nitrogens with one attached hydrogen (secondary N) is 2. The van der Waals surface area contributed by atoms with E-state index in [0.29, 0.717) is 11.1 Å². The van der Waals surface area contributed by atoms with Gasteiger partial charge in [0.1, 0.15) is 0 Å². The van der Waals surface area contributed by atoms with Gasteiger partial charge in [0.15, 0.2) is 0 Å². The number of nitrogens with zero attached hydrogens (tertiary/aromatic N) is 1. The summed E-state index contributed by atoms with van der Waals surface area (Å²) < 4.78 is 0. The van der Waals surface area contributed by atoms with Gasteiger partial charge in [-0.25, -0.2) is 0 Å². The minimum atomic E-state index is -0.244. The van der Waals surface area contributed by atoms with E-state index in [2.05, 4.69) is 9.97 Å². The molecule has 2 N–H and O–H groups in total. The Hall–Kier alpha value is -3.60. The van der Waals surface area contributed by atoms with Crippen LogP contribution in [0.4, 0.5) is 0 Å². The number of carbonyl (C=O) groups excluding carboxylic acids is 2. The summed E-state index contributed by atoms with van der Waals surface area (Å²) in [7, 11) is 1.55. The highest BCUT2D eigenvalue weighted by Gasteiger charge is 2.38. The minimum Gasteiger partial charge on any atom is -0.353 e. The Kier molecular flexibility index (Phi) is 4.82. The molecule has 5 aromatic rings. The van der Waals surface area contributed by atoms with Crippen LogP contribution in [0.1, 0.15) is 48.4 Å². The molecule has 0 fully saturated rings. The smallest absolute Gasteiger partial charge is 0.262 e. The van der Waals surface area contributed by atoms with Gasteiger partial charge in [0.2, 0.25) is 0 Å². The Balaban J connectivity index is 0.000000516. The largest absolute Gasteiger partial charge is 0.353 e. The van der Waals surface area contributed by atoms with E-state index in [1.807, 2.05) is 76.2 Å². The molecule has 0 saturated carbocycles. The van der Waals surface area contributed by atoms with E-state index in [1.54, 1.807) is 7.05 Å². The fourth-order valence-electron chi connectivity index (χ4n) is 4.28. The van der Waals surface area contributed by atoms with Crippen LogP contribution in [0.15, 0.2) is 48.5 Å². The number of amides is 2. The zero-order chi connectivity index (χ0) is 21.6. The zero-order valence-corrected chi connectivity index (χ0v) is 17.9. The molecule has 0 atom stereocenters. The van der Waals surface area contributed by atoms with E-state index >= 15 is 0 Å². The van der Waals surface area contributed by atoms with Gasteiger partial charge in [0.25, 0.3) is 11.8 Å². The van der Waals surface area contributed by atoms with Gasteiger partial charge in [-0.1, -0.05) is 64.1 Å². The van der Waals surface area contributed by atoms with Crippen molar-refractivity contribution in [3.63, 3.8) is 0 Å². The van der Waals surface area contributed by atoms with Crippen molar-refractivity contribution in [1.82, 2.24) is 14.9 Å². The summed E-state index contributed by atoms with van der Waals surface area (Å²) in [5.74, 6) is -0.487. The van der Waals surface area contributed by atoms with Crippen LogP contribution in [-0.2, 0) is 0 Å². The summed E-state index contributed by atoms with van der Waals surface area (Å²) in [5.41, 5.74) is 4.64. The number of aromatic nitrogens is 2. The summed E-state index contributed by atoms with van der Waals surface area (Å²) in [5, 5.41) is 3.54. The second-order valence-electron chi connectivity index (χ2n) is 6.76. The predicted molar refractivity (Wildman–Crippen MR) is 124 cm³/mol. The van der Waals surface area contributed by atoms with Gasteiger partial charge in [-0.15, -0.1) is 0 Å². The molecule has 0 radical (unpaired) electrons. The molecule has 0 unspecified atom stereocenters. The maximum absolute atomic E-state index is 12.9. The van der Waals surface area contributed by atoms with Gasteiger partial charge in [-0.05, 0) is 12.1 Å². The average Bonchev–Trinajstić information content (AvgIpc) is 3.44. The van der Waals surface area contributed by atoms with E-state index in [4.69, 9.17) is 0 Å². The number of imide groups is 1. The van der Waals surface area contributed by atoms with Crippen molar-refractivity contribution in [2.24, 2.45) is 0 Å². The fraction of sp³-hybridized carbons (Fsp3) is 0.200. The highest BCUT2D eigenvalue weighted by molar-refractivity contribution is 6.38. The first-order valence-corrected chi connectivity index (χ1v) is 10.5. The van der Waals surface area contributed by atoms with E-state index < -0.39 is 0 Å². The van der Waals surface area contributed by atoms with Crippen LogP contribution < -0.4 is 0 Å². The Morgan fingerprint density at radius 3 is 1.40 bits per heavy atom. The molecule has 3 aromatic carbocycles. The van der Waals surface area contributed by atoms with Crippen molar-refractivity contribution in [2.75, 3.05) is 7.05 Å². The second kappa shape index (κ2) is 7.34. The Labute approximate surface area is 174 Å². The second-order valence-corrected chi connectivity index (χ2v) is 6.76. The molecule has 1 aliphatic heterocycles. The number of carbonyl (C=O) groups is 2. The van der Waals surface area contributed by atoms with Crippen LogP contribution in [0.25, 0.3) is 43.6 Å². The molecule has 152 valence electrons. The normalized spacial score (nSPS) is 12.9. The lowest BCUT2D eigenvalue weighted by Crippen LogP contribution is -2.24. The molecule has 5 heteroatoms. The number of para-hydroxylation sites is 2. The molecular weight excluding hydrogens is 374 g/mol. The lowest BCUT2D eigenvalue weighted by Gasteiger charge is -2.03. The van der Waals surface area contributed by atoms with Crippen LogP contribution >= 0.6 is 0 Å². The Bertz CT molecular complexity index is 1330. The van der Waals surface area contributed by atoms with E-state index in [-0.39, 0.29) is 11.8 Å². The summed E-state index contributed by atoms with van der Waals surface area (Å²) in [4.78, 5) is 34.0. The molecule has 2 amide bonds. The van der Waals surface area contributed by atoms with Crippen LogP contribution in [0, 0.1) is 0 Å². The summed E-state index contributed by atoms with van der Waals surface area (Å²) in [6, 6.07) is 15.8. The predicted octanol–water partition coefficient (Wildman–Crippen LogP) is 6.23. The highest BCUT2D eigenvalue weighted by atomic mass is 16.2. The Morgan fingerprint density at radius 1 is 0.633 bits per heavy atom. The Morgan fingerprint density at radius 2 is 1.00 bits per heavy atom. The molecule has 1 aliphatic rings. The third-order valence-electron chi connectivity index (χ3n) is 5.45. The standard InChI is InChI=1S/C21H13N3O2.2C2H6/c1-24-20(25)16-14-10-6-2-4-8-12(10)22-18(14)19-15(17(16)21(24)26)11-7-3-5-9-13(11)23-19;2*1-2/h2-9,22-23H,1H3;2*1-2H3. The molecule has 30 heavy (non-hydrogen) atoms. The van der Waals surface area contributed by atoms with Crippen LogP contribution in [0.5, 0.6) is 0 Å². The molecule has 0 bridgehead atoms. The van der Waals surface area contributed by atoms with Gasteiger partial charge in [-0.3, -0.25) is 14.5 Å². The summed E-state index contributed by atoms with van der Waals surface area (Å²) in [6.07, 6.45) is 0. The topological polar surface area (TPSA) is 69.0 Å². The van der Waals surface area contributed by atoms with Gasteiger partial charge in [-0.2, -0.15) is 0 Å². The van der Waals surface area contributed by atoms with E-state index in [1.165, 1.54) is 4.90 Å². The molecule has 0 aliphatic carbocycles. The van der Waals surface area contributed by atoms with Crippen LogP contribution in [0.3, 0.4) is 0 Å². The minimum absolute atomic E-state index is 0.244. The van der Waals surface area contributed by atoms with Crippen molar-refractivity contribution in [1.29, 1.82) is 0 Å². The quantitative estimate of drug-likeness (QED) is 0.303. The molecule has 2 aromatic heterocycles. The number of rotatable bonds is 0. The third-order valence-corrected chi connectivity index (χ3v) is 5.45. The lowest BCUT2D eigenvalue weighted by molar-refractivity contribution is 0.0694. The van der Waals surface area contributed by atoms with Crippen molar-refractivity contribution >= 4 is 55.4 Å².